The van der Waals surface area contributed by atoms with Crippen LogP contribution in [-0.4, -0.2) is 24.4 Å². The summed E-state index contributed by atoms with van der Waals surface area (Å²) in [6.07, 6.45) is -2.58. The molecule has 2 aromatic carbocycles. The molecule has 0 aromatic heterocycles. The number of hydrogen-bond donors (Lipinski definition) is 1. The summed E-state index contributed by atoms with van der Waals surface area (Å²) in [6, 6.07) is 6.05. The summed E-state index contributed by atoms with van der Waals surface area (Å²) < 4.78 is 67.7. The van der Waals surface area contributed by atoms with E-state index < -0.39 is 29.5 Å². The van der Waals surface area contributed by atoms with Crippen molar-refractivity contribution in [2.75, 3.05) is 11.4 Å². The van der Waals surface area contributed by atoms with Crippen LogP contribution in [0.1, 0.15) is 47.2 Å². The minimum absolute atomic E-state index is 0.0852. The molecule has 0 radical (unpaired) electrons. The Balaban J connectivity index is 1.38. The Morgan fingerprint density at radius 1 is 1.06 bits per heavy atom. The Bertz CT molecular complexity index is 1130. The van der Waals surface area contributed by atoms with E-state index in [1.54, 1.807) is 0 Å². The summed E-state index contributed by atoms with van der Waals surface area (Å²) in [5.74, 6) is -5.71. The number of carbonyl (C=O) groups is 2. The Hall–Kier alpha value is -2.39. The van der Waals surface area contributed by atoms with E-state index in [2.05, 4.69) is 5.32 Å². The van der Waals surface area contributed by atoms with E-state index >= 15 is 0 Å². The van der Waals surface area contributed by atoms with E-state index in [9.17, 15) is 31.5 Å². The molecule has 4 nitrogen and oxygen atoms in total. The number of benzene rings is 2. The molecule has 1 heterocycles. The summed E-state index contributed by atoms with van der Waals surface area (Å²) in [5, 5.41) is 2.86. The fourth-order valence-corrected chi connectivity index (χ4v) is 4.83. The zero-order valence-corrected chi connectivity index (χ0v) is 19.1. The molecule has 0 bridgehead atoms. The van der Waals surface area contributed by atoms with E-state index in [0.29, 0.717) is 31.7 Å². The maximum Gasteiger partial charge on any atom is 0.416 e. The summed E-state index contributed by atoms with van der Waals surface area (Å²) in [7, 11) is 0. The van der Waals surface area contributed by atoms with Crippen LogP contribution in [0.4, 0.5) is 27.6 Å². The second-order valence-corrected chi connectivity index (χ2v) is 9.38. The van der Waals surface area contributed by atoms with Crippen molar-refractivity contribution in [3.05, 3.63) is 63.1 Å². The van der Waals surface area contributed by atoms with Gasteiger partial charge in [0.2, 0.25) is 0 Å². The van der Waals surface area contributed by atoms with Gasteiger partial charge in [-0.05, 0) is 68.0 Å². The number of carbonyl (C=O) groups excluding carboxylic acids is 2. The first-order chi connectivity index (χ1) is 15.9. The van der Waals surface area contributed by atoms with Crippen molar-refractivity contribution in [3.63, 3.8) is 0 Å². The van der Waals surface area contributed by atoms with Crippen molar-refractivity contribution in [2.45, 2.75) is 43.8 Å². The molecule has 1 aliphatic heterocycles. The molecule has 0 unspecified atom stereocenters. The smallest absolute Gasteiger partial charge is 0.349 e. The number of anilines is 1. The average molecular weight is 521 g/mol. The monoisotopic (exact) mass is 520 g/mol. The van der Waals surface area contributed by atoms with Crippen molar-refractivity contribution < 1.29 is 31.5 Å². The molecule has 1 N–H and O–H groups in total. The van der Waals surface area contributed by atoms with Crippen LogP contribution < -0.4 is 10.2 Å². The number of amides is 2. The van der Waals surface area contributed by atoms with Crippen molar-refractivity contribution in [2.24, 2.45) is 5.92 Å². The number of fused-ring (bicyclic) bond motifs is 1. The van der Waals surface area contributed by atoms with E-state index in [1.807, 2.05) is 0 Å². The predicted octanol–water partition coefficient (Wildman–Crippen LogP) is 6.44. The van der Waals surface area contributed by atoms with E-state index in [-0.39, 0.29) is 45.4 Å². The molecule has 182 valence electrons. The lowest BCUT2D eigenvalue weighted by Gasteiger charge is -2.32. The van der Waals surface area contributed by atoms with Crippen LogP contribution in [0.5, 0.6) is 0 Å². The van der Waals surface area contributed by atoms with E-state index in [4.69, 9.17) is 23.2 Å². The molecular formula is C23H19Cl2F5N2O2. The highest BCUT2D eigenvalue weighted by Gasteiger charge is 2.53. The zero-order valence-electron chi connectivity index (χ0n) is 17.6. The fraction of sp³-hybridized carbons (Fsp3) is 0.391. The summed E-state index contributed by atoms with van der Waals surface area (Å²) in [5.41, 5.74) is -1.52. The highest BCUT2D eigenvalue weighted by atomic mass is 35.5. The van der Waals surface area contributed by atoms with Gasteiger partial charge in [0.1, 0.15) is 0 Å². The third-order valence-corrected chi connectivity index (χ3v) is 6.83. The minimum Gasteiger partial charge on any atom is -0.349 e. The molecule has 2 amide bonds. The van der Waals surface area contributed by atoms with Gasteiger partial charge >= 0.3 is 18.0 Å². The lowest BCUT2D eigenvalue weighted by molar-refractivity contribution is -0.141. The van der Waals surface area contributed by atoms with Gasteiger partial charge in [-0.2, -0.15) is 22.0 Å². The molecule has 11 heteroatoms. The third kappa shape index (κ3) is 4.73. The highest BCUT2D eigenvalue weighted by molar-refractivity contribution is 6.33. The maximum absolute atomic E-state index is 14.4. The van der Waals surface area contributed by atoms with Crippen LogP contribution in [0, 0.1) is 5.92 Å². The highest BCUT2D eigenvalue weighted by Crippen LogP contribution is 2.46. The number of nitrogens with one attached hydrogen (secondary N) is 1. The van der Waals surface area contributed by atoms with Gasteiger partial charge in [0.05, 0.1) is 27.4 Å². The van der Waals surface area contributed by atoms with Gasteiger partial charge in [0, 0.05) is 17.6 Å². The first-order valence-corrected chi connectivity index (χ1v) is 11.3. The van der Waals surface area contributed by atoms with E-state index in [1.165, 1.54) is 12.1 Å². The number of alkyl halides is 5. The molecule has 2 aromatic rings. The topological polar surface area (TPSA) is 49.4 Å². The first kappa shape index (κ1) is 24.7. The molecule has 1 aliphatic carbocycles. The lowest BCUT2D eigenvalue weighted by atomic mass is 9.85. The second kappa shape index (κ2) is 9.00. The average Bonchev–Trinajstić information content (AvgIpc) is 2.94. The first-order valence-electron chi connectivity index (χ1n) is 10.6. The molecule has 0 saturated heterocycles. The van der Waals surface area contributed by atoms with Crippen LogP contribution in [0.3, 0.4) is 0 Å². The van der Waals surface area contributed by atoms with Gasteiger partial charge in [0.15, 0.2) is 0 Å². The van der Waals surface area contributed by atoms with Gasteiger partial charge in [-0.25, -0.2) is 0 Å². The van der Waals surface area contributed by atoms with Crippen molar-refractivity contribution in [1.82, 2.24) is 5.32 Å². The van der Waals surface area contributed by atoms with Crippen LogP contribution >= 0.6 is 23.2 Å². The largest absolute Gasteiger partial charge is 0.416 e. The standard InChI is InChI=1S/C23H19Cl2F5N2O2/c24-14-4-7-17-19(10-14)32(21(34)22(17,26)27)11-12-1-5-15(6-2-12)31-20(33)16-9-13(23(28,29)30)3-8-18(16)25/h3-4,7-10,12,15H,1-2,5-6,11H2,(H,31,33)/t12-,15-. The van der Waals surface area contributed by atoms with Crippen molar-refractivity contribution in [1.29, 1.82) is 0 Å². The third-order valence-electron chi connectivity index (χ3n) is 6.26. The normalized spacial score (nSPS) is 22.0. The van der Waals surface area contributed by atoms with Gasteiger partial charge in [-0.3, -0.25) is 9.59 Å². The maximum atomic E-state index is 14.4. The molecule has 0 atom stereocenters. The molecular weight excluding hydrogens is 502 g/mol. The molecule has 0 spiro atoms. The van der Waals surface area contributed by atoms with Gasteiger partial charge in [-0.1, -0.05) is 23.2 Å². The van der Waals surface area contributed by atoms with Crippen LogP contribution in [-0.2, 0) is 16.9 Å². The number of rotatable bonds is 4. The van der Waals surface area contributed by atoms with Crippen LogP contribution in [0.2, 0.25) is 10.0 Å². The Morgan fingerprint density at radius 2 is 1.74 bits per heavy atom. The molecule has 34 heavy (non-hydrogen) atoms. The van der Waals surface area contributed by atoms with Crippen LogP contribution in [0.25, 0.3) is 0 Å². The van der Waals surface area contributed by atoms with Gasteiger partial charge < -0.3 is 10.2 Å². The Labute approximate surface area is 202 Å². The predicted molar refractivity (Wildman–Crippen MR) is 117 cm³/mol. The number of nitrogens with zero attached hydrogens (tertiary/aromatic N) is 1. The fourth-order valence-electron chi connectivity index (χ4n) is 4.46. The molecule has 1 fully saturated rings. The second-order valence-electron chi connectivity index (χ2n) is 8.54. The summed E-state index contributed by atoms with van der Waals surface area (Å²) in [6.45, 7) is 0.0852. The van der Waals surface area contributed by atoms with Gasteiger partial charge in [-0.15, -0.1) is 0 Å². The number of hydrogen-bond acceptors (Lipinski definition) is 2. The van der Waals surface area contributed by atoms with Crippen molar-refractivity contribution in [3.8, 4) is 0 Å². The molecule has 2 aliphatic rings. The van der Waals surface area contributed by atoms with Crippen molar-refractivity contribution >= 4 is 40.7 Å². The number of halogens is 7. The Morgan fingerprint density at radius 3 is 2.38 bits per heavy atom. The quantitative estimate of drug-likeness (QED) is 0.471. The SMILES string of the molecule is O=C(N[C@H]1CC[C@H](CN2C(=O)C(F)(F)c3ccc(Cl)cc32)CC1)c1cc(C(F)(F)F)ccc1Cl. The lowest BCUT2D eigenvalue weighted by Crippen LogP contribution is -2.42. The summed E-state index contributed by atoms with van der Waals surface area (Å²) >= 11 is 11.9. The minimum atomic E-state index is -4.61. The Kier molecular flexibility index (Phi) is 6.54. The van der Waals surface area contributed by atoms with Gasteiger partial charge in [0.25, 0.3) is 5.91 Å². The van der Waals surface area contributed by atoms with Crippen LogP contribution in [0.15, 0.2) is 36.4 Å². The molecule has 1 saturated carbocycles. The molecule has 4 rings (SSSR count). The zero-order chi connectivity index (χ0) is 24.8. The summed E-state index contributed by atoms with van der Waals surface area (Å²) in [4.78, 5) is 26.0. The van der Waals surface area contributed by atoms with E-state index in [0.717, 1.165) is 23.1 Å².